The minimum atomic E-state index is -1.84. The van der Waals surface area contributed by atoms with E-state index in [0.717, 1.165) is 6.42 Å². The van der Waals surface area contributed by atoms with E-state index in [4.69, 9.17) is 9.16 Å². The normalized spacial score (nSPS) is 20.6. The first-order valence-electron chi connectivity index (χ1n) is 11.5. The third-order valence-electron chi connectivity index (χ3n) is 5.59. The van der Waals surface area contributed by atoms with Crippen LogP contribution in [0.15, 0.2) is 0 Å². The van der Waals surface area contributed by atoms with E-state index in [0.29, 0.717) is 6.54 Å². The molecule has 0 aromatic heterocycles. The third-order valence-corrected chi connectivity index (χ3v) is 10.2. The zero-order valence-corrected chi connectivity index (χ0v) is 20.3. The molecule has 0 aliphatic carbocycles. The molecule has 1 amide bonds. The zero-order chi connectivity index (χ0) is 21.2. The Labute approximate surface area is 174 Å². The Morgan fingerprint density at radius 3 is 1.93 bits per heavy atom. The van der Waals surface area contributed by atoms with Gasteiger partial charge in [-0.2, -0.15) is 0 Å². The van der Waals surface area contributed by atoms with E-state index >= 15 is 0 Å². The summed E-state index contributed by atoms with van der Waals surface area (Å²) < 4.78 is 12.5. The summed E-state index contributed by atoms with van der Waals surface area (Å²) in [6.45, 7) is 12.9. The predicted molar refractivity (Wildman–Crippen MR) is 118 cm³/mol. The van der Waals surface area contributed by atoms with Crippen LogP contribution in [0.2, 0.25) is 18.1 Å². The van der Waals surface area contributed by atoms with Crippen LogP contribution in [-0.2, 0) is 9.16 Å². The van der Waals surface area contributed by atoms with E-state index in [1.807, 2.05) is 20.8 Å². The summed E-state index contributed by atoms with van der Waals surface area (Å²) >= 11 is 0. The molecule has 166 valence electrons. The van der Waals surface area contributed by atoms with Gasteiger partial charge in [0.2, 0.25) is 0 Å². The molecular formula is C22H45NO4Si. The molecule has 0 spiro atoms. The van der Waals surface area contributed by atoms with Crippen LogP contribution in [-0.4, -0.2) is 55.3 Å². The van der Waals surface area contributed by atoms with Gasteiger partial charge in [-0.25, -0.2) is 4.79 Å². The summed E-state index contributed by atoms with van der Waals surface area (Å²) in [7, 11) is -1.84. The summed E-state index contributed by atoms with van der Waals surface area (Å²) in [5.74, 6) is 0. The molecule has 1 aliphatic rings. The van der Waals surface area contributed by atoms with Crippen LogP contribution >= 0.6 is 0 Å². The highest BCUT2D eigenvalue weighted by molar-refractivity contribution is 6.73. The average molecular weight is 416 g/mol. The molecule has 28 heavy (non-hydrogen) atoms. The summed E-state index contributed by atoms with van der Waals surface area (Å²) in [6, 6.07) is 3.46. The lowest BCUT2D eigenvalue weighted by molar-refractivity contribution is 0.0164. The number of carbonyl (C=O) groups excluding carboxylic acids is 1. The summed E-state index contributed by atoms with van der Waals surface area (Å²) in [6.07, 6.45) is 7.69. The van der Waals surface area contributed by atoms with Crippen LogP contribution in [0.25, 0.3) is 0 Å². The highest BCUT2D eigenvalue weighted by atomic mass is 28.4. The van der Waals surface area contributed by atoms with E-state index in [1.54, 1.807) is 4.90 Å². The SMILES string of the molecule is CCCC[Si](CCCC)(CCCC)O[C@@H]1C[C@H](CO)N(C(=O)OC(C)(C)C)C1. The van der Waals surface area contributed by atoms with Crippen molar-refractivity contribution in [1.82, 2.24) is 4.90 Å². The van der Waals surface area contributed by atoms with Crippen molar-refractivity contribution in [3.05, 3.63) is 0 Å². The largest absolute Gasteiger partial charge is 0.444 e. The molecule has 1 aliphatic heterocycles. The number of aliphatic hydroxyl groups is 1. The molecule has 1 heterocycles. The number of rotatable bonds is 12. The first-order chi connectivity index (χ1) is 13.2. The van der Waals surface area contributed by atoms with Gasteiger partial charge in [0.25, 0.3) is 0 Å². The number of unbranched alkanes of at least 4 members (excludes halogenated alkanes) is 3. The number of hydrogen-bond acceptors (Lipinski definition) is 4. The van der Waals surface area contributed by atoms with Gasteiger partial charge in [0.1, 0.15) is 5.60 Å². The highest BCUT2D eigenvalue weighted by Crippen LogP contribution is 2.34. The minimum absolute atomic E-state index is 0.0295. The summed E-state index contributed by atoms with van der Waals surface area (Å²) in [5.41, 5.74) is -0.530. The molecule has 0 aromatic carbocycles. The molecule has 2 atom stereocenters. The number of carbonyl (C=O) groups is 1. The van der Waals surface area contributed by atoms with Crippen LogP contribution in [0.1, 0.15) is 86.5 Å². The molecule has 0 unspecified atom stereocenters. The fourth-order valence-corrected chi connectivity index (χ4v) is 9.05. The van der Waals surface area contributed by atoms with Crippen LogP contribution in [0.3, 0.4) is 0 Å². The van der Waals surface area contributed by atoms with Crippen molar-refractivity contribution in [2.75, 3.05) is 13.2 Å². The first-order valence-corrected chi connectivity index (χ1v) is 14.0. The Hall–Kier alpha value is -0.593. The molecule has 0 radical (unpaired) electrons. The number of nitrogens with zero attached hydrogens (tertiary/aromatic N) is 1. The lowest BCUT2D eigenvalue weighted by Crippen LogP contribution is -2.44. The van der Waals surface area contributed by atoms with Crippen molar-refractivity contribution >= 4 is 14.4 Å². The number of amides is 1. The summed E-state index contributed by atoms with van der Waals surface area (Å²) in [4.78, 5) is 14.3. The predicted octanol–water partition coefficient (Wildman–Crippen LogP) is 5.72. The van der Waals surface area contributed by atoms with Crippen molar-refractivity contribution in [1.29, 1.82) is 0 Å². The van der Waals surface area contributed by atoms with Crippen LogP contribution in [0, 0.1) is 0 Å². The molecule has 0 bridgehead atoms. The van der Waals surface area contributed by atoms with Crippen LogP contribution < -0.4 is 0 Å². The molecule has 1 fully saturated rings. The van der Waals surface area contributed by atoms with Crippen molar-refractivity contribution in [3.63, 3.8) is 0 Å². The first kappa shape index (κ1) is 25.4. The quantitative estimate of drug-likeness (QED) is 0.414. The van der Waals surface area contributed by atoms with Gasteiger partial charge in [-0.3, -0.25) is 0 Å². The van der Waals surface area contributed by atoms with Crippen molar-refractivity contribution in [2.24, 2.45) is 0 Å². The maximum atomic E-state index is 12.6. The van der Waals surface area contributed by atoms with Gasteiger partial charge < -0.3 is 19.2 Å². The number of hydrogen-bond donors (Lipinski definition) is 1. The molecule has 6 heteroatoms. The topological polar surface area (TPSA) is 59.0 Å². The van der Waals surface area contributed by atoms with Gasteiger partial charge in [0.05, 0.1) is 18.8 Å². The Balaban J connectivity index is 2.89. The second kappa shape index (κ2) is 12.2. The van der Waals surface area contributed by atoms with Crippen LogP contribution in [0.5, 0.6) is 0 Å². The van der Waals surface area contributed by atoms with E-state index < -0.39 is 13.9 Å². The Kier molecular flexibility index (Phi) is 11.1. The highest BCUT2D eigenvalue weighted by Gasteiger charge is 2.42. The van der Waals surface area contributed by atoms with Gasteiger partial charge in [-0.15, -0.1) is 0 Å². The van der Waals surface area contributed by atoms with Crippen molar-refractivity contribution < 1.29 is 19.1 Å². The Morgan fingerprint density at radius 1 is 1.04 bits per heavy atom. The fraction of sp³-hybridized carbons (Fsp3) is 0.955. The van der Waals surface area contributed by atoms with E-state index in [1.165, 1.54) is 56.7 Å². The van der Waals surface area contributed by atoms with Gasteiger partial charge in [-0.1, -0.05) is 59.3 Å². The van der Waals surface area contributed by atoms with Crippen LogP contribution in [0.4, 0.5) is 4.79 Å². The van der Waals surface area contributed by atoms with Crippen molar-refractivity contribution in [3.8, 4) is 0 Å². The molecular weight excluding hydrogens is 370 g/mol. The summed E-state index contributed by atoms with van der Waals surface area (Å²) in [5, 5.41) is 9.83. The second-order valence-electron chi connectivity index (χ2n) is 9.44. The van der Waals surface area contributed by atoms with E-state index in [-0.39, 0.29) is 24.8 Å². The third kappa shape index (κ3) is 8.42. The van der Waals surface area contributed by atoms with E-state index in [2.05, 4.69) is 20.8 Å². The maximum Gasteiger partial charge on any atom is 0.410 e. The van der Waals surface area contributed by atoms with Crippen molar-refractivity contribution in [2.45, 2.75) is 122 Å². The number of aliphatic hydroxyl groups excluding tert-OH is 1. The molecule has 0 aromatic rings. The molecule has 1 N–H and O–H groups in total. The second-order valence-corrected chi connectivity index (χ2v) is 13.5. The zero-order valence-electron chi connectivity index (χ0n) is 19.3. The Bertz CT molecular complexity index is 431. The Morgan fingerprint density at radius 2 is 1.54 bits per heavy atom. The molecule has 5 nitrogen and oxygen atoms in total. The number of ether oxygens (including phenoxy) is 1. The number of likely N-dealkylation sites (tertiary alicyclic amines) is 1. The fourth-order valence-electron chi connectivity index (χ4n) is 4.08. The maximum absolute atomic E-state index is 12.6. The molecule has 1 saturated heterocycles. The minimum Gasteiger partial charge on any atom is -0.444 e. The van der Waals surface area contributed by atoms with E-state index in [9.17, 15) is 9.90 Å². The molecule has 0 saturated carbocycles. The van der Waals surface area contributed by atoms with Gasteiger partial charge >= 0.3 is 6.09 Å². The smallest absolute Gasteiger partial charge is 0.410 e. The monoisotopic (exact) mass is 415 g/mol. The van der Waals surface area contributed by atoms with Gasteiger partial charge in [0.15, 0.2) is 8.32 Å². The standard InChI is InChI=1S/C22H45NO4Si/c1-7-10-13-28(14-11-8-2,15-12-9-3)27-20-16-19(18-24)23(17-20)21(25)26-22(4,5)6/h19-20,24H,7-18H2,1-6H3/t19-,20-/m1/s1. The van der Waals surface area contributed by atoms with Gasteiger partial charge in [-0.05, 0) is 45.3 Å². The molecule has 1 rings (SSSR count). The lowest BCUT2D eigenvalue weighted by atomic mass is 10.2. The lowest BCUT2D eigenvalue weighted by Gasteiger charge is -2.35. The van der Waals surface area contributed by atoms with Gasteiger partial charge in [0, 0.05) is 6.54 Å². The average Bonchev–Trinajstić information content (AvgIpc) is 3.04.